The summed E-state index contributed by atoms with van der Waals surface area (Å²) in [6, 6.07) is 7.79. The van der Waals surface area contributed by atoms with Gasteiger partial charge in [-0.05, 0) is 25.0 Å². The van der Waals surface area contributed by atoms with Crippen molar-refractivity contribution >= 4 is 21.6 Å². The highest BCUT2D eigenvalue weighted by molar-refractivity contribution is 7.88. The summed E-state index contributed by atoms with van der Waals surface area (Å²) in [5.41, 5.74) is 2.23. The molecule has 0 bridgehead atoms. The van der Waals surface area contributed by atoms with E-state index in [-0.39, 0.29) is 11.9 Å². The fraction of sp³-hybridized carbons (Fsp3) is 0.562. The van der Waals surface area contributed by atoms with Gasteiger partial charge in [0.05, 0.1) is 12.3 Å². The second kappa shape index (κ2) is 6.22. The lowest BCUT2D eigenvalue weighted by Gasteiger charge is -2.37. The minimum absolute atomic E-state index is 0.0998. The number of carbonyl (C=O) groups excluding carboxylic acids is 1. The monoisotopic (exact) mass is 337 g/mol. The van der Waals surface area contributed by atoms with Crippen molar-refractivity contribution in [3.63, 3.8) is 0 Å². The summed E-state index contributed by atoms with van der Waals surface area (Å²) in [6.07, 6.45) is 2.13. The first kappa shape index (κ1) is 16.4. The first-order valence-corrected chi connectivity index (χ1v) is 9.81. The molecule has 2 aliphatic rings. The van der Waals surface area contributed by atoms with Crippen molar-refractivity contribution in [1.29, 1.82) is 0 Å². The van der Waals surface area contributed by atoms with Gasteiger partial charge in [0, 0.05) is 38.4 Å². The van der Waals surface area contributed by atoms with Crippen LogP contribution in [0.2, 0.25) is 0 Å². The molecule has 7 heteroatoms. The molecule has 1 atom stereocenters. The normalized spacial score (nSPS) is 21.2. The maximum atomic E-state index is 12.8. The number of para-hydroxylation sites is 1. The van der Waals surface area contributed by atoms with Crippen LogP contribution in [0.25, 0.3) is 0 Å². The van der Waals surface area contributed by atoms with Crippen LogP contribution in [-0.2, 0) is 21.2 Å². The van der Waals surface area contributed by atoms with E-state index in [0.717, 1.165) is 18.7 Å². The zero-order valence-corrected chi connectivity index (χ0v) is 14.4. The van der Waals surface area contributed by atoms with Gasteiger partial charge < -0.3 is 4.90 Å². The zero-order chi connectivity index (χ0) is 16.6. The van der Waals surface area contributed by atoms with Crippen LogP contribution in [0.3, 0.4) is 0 Å². The zero-order valence-electron chi connectivity index (χ0n) is 13.6. The van der Waals surface area contributed by atoms with Gasteiger partial charge >= 0.3 is 0 Å². The second-order valence-corrected chi connectivity index (χ2v) is 8.23. The van der Waals surface area contributed by atoms with Crippen LogP contribution in [0.1, 0.15) is 12.5 Å². The molecule has 0 spiro atoms. The van der Waals surface area contributed by atoms with E-state index in [9.17, 15) is 13.2 Å². The molecule has 2 heterocycles. The van der Waals surface area contributed by atoms with Crippen molar-refractivity contribution in [2.45, 2.75) is 19.4 Å². The molecule has 0 radical (unpaired) electrons. The number of amides is 1. The smallest absolute Gasteiger partial charge is 0.244 e. The van der Waals surface area contributed by atoms with Crippen molar-refractivity contribution in [2.24, 2.45) is 0 Å². The Balaban J connectivity index is 1.66. The lowest BCUT2D eigenvalue weighted by atomic mass is 10.1. The van der Waals surface area contributed by atoms with Crippen molar-refractivity contribution < 1.29 is 13.2 Å². The van der Waals surface area contributed by atoms with Gasteiger partial charge in [0.2, 0.25) is 15.9 Å². The third kappa shape index (κ3) is 3.27. The number of nitrogens with zero attached hydrogens (tertiary/aromatic N) is 3. The lowest BCUT2D eigenvalue weighted by Crippen LogP contribution is -2.55. The maximum Gasteiger partial charge on any atom is 0.244 e. The molecule has 1 aromatic carbocycles. The molecule has 6 nitrogen and oxygen atoms in total. The molecular weight excluding hydrogens is 314 g/mol. The Bertz CT molecular complexity index is 696. The largest absolute Gasteiger partial charge is 0.310 e. The number of sulfonamides is 1. The number of fused-ring (bicyclic) bond motifs is 1. The molecule has 0 aliphatic carbocycles. The van der Waals surface area contributed by atoms with E-state index in [1.807, 2.05) is 30.0 Å². The predicted molar refractivity (Wildman–Crippen MR) is 90.0 cm³/mol. The molecular formula is C16H23N3O3S. The SMILES string of the molecule is CC(C(=O)N1CCc2ccccc21)N1CCN(S(C)(=O)=O)CC1. The highest BCUT2D eigenvalue weighted by atomic mass is 32.2. The van der Waals surface area contributed by atoms with Crippen molar-refractivity contribution in [3.8, 4) is 0 Å². The Labute approximate surface area is 137 Å². The number of rotatable bonds is 3. The van der Waals surface area contributed by atoms with E-state index in [2.05, 4.69) is 11.0 Å². The van der Waals surface area contributed by atoms with E-state index >= 15 is 0 Å². The highest BCUT2D eigenvalue weighted by Crippen LogP contribution is 2.28. The third-order valence-corrected chi connectivity index (χ3v) is 6.10. The van der Waals surface area contributed by atoms with Gasteiger partial charge in [-0.2, -0.15) is 4.31 Å². The molecule has 23 heavy (non-hydrogen) atoms. The first-order chi connectivity index (χ1) is 10.9. The fourth-order valence-electron chi connectivity index (χ4n) is 3.37. The summed E-state index contributed by atoms with van der Waals surface area (Å²) in [7, 11) is -3.14. The molecule has 1 unspecified atom stereocenters. The number of piperazine rings is 1. The van der Waals surface area contributed by atoms with Gasteiger partial charge in [-0.3, -0.25) is 9.69 Å². The summed E-state index contributed by atoms with van der Waals surface area (Å²) < 4.78 is 24.6. The van der Waals surface area contributed by atoms with Crippen molar-refractivity contribution in [3.05, 3.63) is 29.8 Å². The average molecular weight is 337 g/mol. The first-order valence-electron chi connectivity index (χ1n) is 7.96. The van der Waals surface area contributed by atoms with Gasteiger partial charge in [0.1, 0.15) is 0 Å². The number of hydrogen-bond acceptors (Lipinski definition) is 4. The van der Waals surface area contributed by atoms with Gasteiger partial charge in [0.15, 0.2) is 0 Å². The lowest BCUT2D eigenvalue weighted by molar-refractivity contribution is -0.123. The van der Waals surface area contributed by atoms with Crippen LogP contribution in [-0.4, -0.2) is 68.6 Å². The number of benzene rings is 1. The number of anilines is 1. The van der Waals surface area contributed by atoms with E-state index in [1.54, 1.807) is 0 Å². The van der Waals surface area contributed by atoms with Gasteiger partial charge in [-0.25, -0.2) is 8.42 Å². The topological polar surface area (TPSA) is 60.9 Å². The maximum absolute atomic E-state index is 12.8. The number of hydrogen-bond donors (Lipinski definition) is 0. The third-order valence-electron chi connectivity index (χ3n) is 4.80. The predicted octanol–water partition coefficient (Wildman–Crippen LogP) is 0.541. The van der Waals surface area contributed by atoms with Crippen LogP contribution >= 0.6 is 0 Å². The van der Waals surface area contributed by atoms with Crippen LogP contribution in [0.5, 0.6) is 0 Å². The molecule has 126 valence electrons. The van der Waals surface area contributed by atoms with Crippen molar-refractivity contribution in [2.75, 3.05) is 43.9 Å². The standard InChI is InChI=1S/C16H23N3O3S/c1-13(17-9-11-18(12-10-17)23(2,21)22)16(20)19-8-7-14-5-3-4-6-15(14)19/h3-6,13H,7-12H2,1-2H3. The van der Waals surface area contributed by atoms with E-state index < -0.39 is 10.0 Å². The molecule has 1 aromatic rings. The van der Waals surface area contributed by atoms with Gasteiger partial charge in [-0.15, -0.1) is 0 Å². The van der Waals surface area contributed by atoms with Crippen LogP contribution in [0, 0.1) is 0 Å². The molecule has 0 saturated carbocycles. The summed E-state index contributed by atoms with van der Waals surface area (Å²) in [5.74, 6) is 0.0998. The van der Waals surface area contributed by atoms with Crippen LogP contribution in [0.4, 0.5) is 5.69 Å². The molecule has 2 aliphatic heterocycles. The van der Waals surface area contributed by atoms with Gasteiger partial charge in [0.25, 0.3) is 0 Å². The summed E-state index contributed by atoms with van der Waals surface area (Å²) in [4.78, 5) is 16.8. The molecule has 1 fully saturated rings. The average Bonchev–Trinajstić information content (AvgIpc) is 2.97. The van der Waals surface area contributed by atoms with E-state index in [1.165, 1.54) is 16.1 Å². The minimum atomic E-state index is -3.14. The molecule has 0 aromatic heterocycles. The van der Waals surface area contributed by atoms with Crippen molar-refractivity contribution in [1.82, 2.24) is 9.21 Å². The minimum Gasteiger partial charge on any atom is -0.310 e. The van der Waals surface area contributed by atoms with Crippen LogP contribution in [0.15, 0.2) is 24.3 Å². The number of carbonyl (C=O) groups is 1. The molecule has 1 amide bonds. The second-order valence-electron chi connectivity index (χ2n) is 6.24. The van der Waals surface area contributed by atoms with Crippen LogP contribution < -0.4 is 4.90 Å². The highest BCUT2D eigenvalue weighted by Gasteiger charge is 2.33. The Morgan fingerprint density at radius 3 is 2.39 bits per heavy atom. The Morgan fingerprint density at radius 1 is 1.09 bits per heavy atom. The summed E-state index contributed by atoms with van der Waals surface area (Å²) in [5, 5.41) is 0. The summed E-state index contributed by atoms with van der Waals surface area (Å²) in [6.45, 7) is 4.73. The molecule has 3 rings (SSSR count). The quantitative estimate of drug-likeness (QED) is 0.808. The Hall–Kier alpha value is -1.44. The molecule has 1 saturated heterocycles. The Morgan fingerprint density at radius 2 is 1.74 bits per heavy atom. The Kier molecular flexibility index (Phi) is 4.44. The van der Waals surface area contributed by atoms with Gasteiger partial charge in [-0.1, -0.05) is 18.2 Å². The van der Waals surface area contributed by atoms with E-state index in [4.69, 9.17) is 0 Å². The molecule has 0 N–H and O–H groups in total. The van der Waals surface area contributed by atoms with E-state index in [0.29, 0.717) is 26.2 Å². The fourth-order valence-corrected chi connectivity index (χ4v) is 4.20. The summed E-state index contributed by atoms with van der Waals surface area (Å²) >= 11 is 0.